The van der Waals surface area contributed by atoms with Crippen molar-refractivity contribution >= 4 is 17.3 Å². The van der Waals surface area contributed by atoms with Crippen LogP contribution in [0.5, 0.6) is 5.75 Å². The Labute approximate surface area is 108 Å². The Morgan fingerprint density at radius 1 is 1.47 bits per heavy atom. The largest absolute Gasteiger partial charge is 0.494 e. The molecular formula is C11H13FN2O5. The molecule has 8 heteroatoms. The molecule has 0 amide bonds. The highest BCUT2D eigenvalue weighted by Crippen LogP contribution is 2.33. The van der Waals surface area contributed by atoms with Crippen molar-refractivity contribution in [2.24, 2.45) is 0 Å². The summed E-state index contributed by atoms with van der Waals surface area (Å²) in [6, 6.07) is 1.92. The fraction of sp³-hybridized carbons (Fsp3) is 0.364. The molecule has 0 aromatic heterocycles. The molecule has 1 aromatic rings. The molecule has 0 atom stereocenters. The van der Waals surface area contributed by atoms with E-state index in [9.17, 15) is 19.3 Å². The Morgan fingerprint density at radius 2 is 2.11 bits per heavy atom. The maximum Gasteiger partial charge on any atom is 0.325 e. The summed E-state index contributed by atoms with van der Waals surface area (Å²) in [4.78, 5) is 22.6. The van der Waals surface area contributed by atoms with Crippen molar-refractivity contribution in [1.82, 2.24) is 0 Å². The Morgan fingerprint density at radius 3 is 2.58 bits per heavy atom. The van der Waals surface area contributed by atoms with Crippen LogP contribution in [-0.2, 0) is 9.53 Å². The van der Waals surface area contributed by atoms with E-state index >= 15 is 0 Å². The number of nitro benzene ring substituents is 1. The van der Waals surface area contributed by atoms with Gasteiger partial charge in [-0.3, -0.25) is 14.9 Å². The van der Waals surface area contributed by atoms with Gasteiger partial charge in [-0.1, -0.05) is 0 Å². The maximum absolute atomic E-state index is 13.4. The molecule has 0 bridgehead atoms. The zero-order valence-electron chi connectivity index (χ0n) is 10.7. The first-order valence-corrected chi connectivity index (χ1v) is 5.20. The highest BCUT2D eigenvalue weighted by atomic mass is 19.1. The van der Waals surface area contributed by atoms with E-state index in [0.717, 1.165) is 12.1 Å². The fourth-order valence-corrected chi connectivity index (χ4v) is 1.48. The number of halogens is 1. The number of anilines is 1. The minimum atomic E-state index is -0.843. The Balaban J connectivity index is 3.22. The van der Waals surface area contributed by atoms with Gasteiger partial charge in [0.15, 0.2) is 11.6 Å². The van der Waals surface area contributed by atoms with Crippen molar-refractivity contribution in [3.63, 3.8) is 0 Å². The molecule has 1 aromatic carbocycles. The number of nitrogens with zero attached hydrogens (tertiary/aromatic N) is 2. The van der Waals surface area contributed by atoms with E-state index in [1.165, 1.54) is 26.2 Å². The monoisotopic (exact) mass is 272 g/mol. The summed E-state index contributed by atoms with van der Waals surface area (Å²) in [5.74, 6) is -1.55. The van der Waals surface area contributed by atoms with Crippen molar-refractivity contribution in [2.75, 3.05) is 32.7 Å². The second-order valence-corrected chi connectivity index (χ2v) is 3.66. The van der Waals surface area contributed by atoms with Crippen molar-refractivity contribution in [1.29, 1.82) is 0 Å². The summed E-state index contributed by atoms with van der Waals surface area (Å²) in [5.41, 5.74) is -0.390. The van der Waals surface area contributed by atoms with Crippen LogP contribution in [-0.4, -0.2) is 38.7 Å². The molecular weight excluding hydrogens is 259 g/mol. The van der Waals surface area contributed by atoms with Gasteiger partial charge in [0.05, 0.1) is 25.2 Å². The van der Waals surface area contributed by atoms with Crippen molar-refractivity contribution in [2.45, 2.75) is 0 Å². The number of nitro groups is 1. The number of carbonyl (C=O) groups is 1. The Bertz CT molecular complexity index is 506. The van der Waals surface area contributed by atoms with Gasteiger partial charge in [-0.15, -0.1) is 0 Å². The lowest BCUT2D eigenvalue weighted by Gasteiger charge is -2.18. The first-order valence-electron chi connectivity index (χ1n) is 5.20. The maximum atomic E-state index is 13.4. The summed E-state index contributed by atoms with van der Waals surface area (Å²) in [6.45, 7) is -0.202. The topological polar surface area (TPSA) is 81.9 Å². The zero-order valence-corrected chi connectivity index (χ0v) is 10.7. The predicted molar refractivity (Wildman–Crippen MR) is 64.9 cm³/mol. The molecule has 0 radical (unpaired) electrons. The van der Waals surface area contributed by atoms with Gasteiger partial charge < -0.3 is 14.4 Å². The molecule has 0 saturated carbocycles. The van der Waals surface area contributed by atoms with Crippen molar-refractivity contribution < 1.29 is 23.6 Å². The molecule has 104 valence electrons. The summed E-state index contributed by atoms with van der Waals surface area (Å²) in [5, 5.41) is 10.9. The fourth-order valence-electron chi connectivity index (χ4n) is 1.48. The van der Waals surface area contributed by atoms with Crippen molar-refractivity contribution in [3.8, 4) is 5.75 Å². The van der Waals surface area contributed by atoms with E-state index in [-0.39, 0.29) is 18.0 Å². The molecule has 1 rings (SSSR count). The van der Waals surface area contributed by atoms with Gasteiger partial charge in [0.1, 0.15) is 12.2 Å². The number of hydrogen-bond acceptors (Lipinski definition) is 6. The van der Waals surface area contributed by atoms with Crippen LogP contribution < -0.4 is 9.64 Å². The number of esters is 1. The Kier molecular flexibility index (Phi) is 4.62. The number of carbonyl (C=O) groups excluding carboxylic acids is 1. The molecule has 0 aliphatic rings. The lowest BCUT2D eigenvalue weighted by molar-refractivity contribution is -0.384. The third kappa shape index (κ3) is 3.30. The number of rotatable bonds is 5. The number of methoxy groups -OCH3 is 2. The highest BCUT2D eigenvalue weighted by molar-refractivity contribution is 5.78. The van der Waals surface area contributed by atoms with Gasteiger partial charge in [0.2, 0.25) is 0 Å². The van der Waals surface area contributed by atoms with Gasteiger partial charge in [-0.2, -0.15) is 0 Å². The van der Waals surface area contributed by atoms with Crippen LogP contribution in [0.3, 0.4) is 0 Å². The molecule has 0 N–H and O–H groups in total. The molecule has 0 aliphatic heterocycles. The number of likely N-dealkylation sites (N-methyl/N-ethyl adjacent to an activating group) is 1. The van der Waals surface area contributed by atoms with Gasteiger partial charge >= 0.3 is 5.97 Å². The van der Waals surface area contributed by atoms with E-state index in [4.69, 9.17) is 4.74 Å². The zero-order chi connectivity index (χ0) is 14.6. The van der Waals surface area contributed by atoms with E-state index in [1.807, 2.05) is 0 Å². The molecule has 0 saturated heterocycles. The van der Waals surface area contributed by atoms with Crippen LogP contribution in [0.4, 0.5) is 15.8 Å². The van der Waals surface area contributed by atoms with E-state index in [1.54, 1.807) is 0 Å². The second-order valence-electron chi connectivity index (χ2n) is 3.66. The molecule has 19 heavy (non-hydrogen) atoms. The molecule has 0 fully saturated rings. The first kappa shape index (κ1) is 14.7. The second kappa shape index (κ2) is 5.98. The van der Waals surface area contributed by atoms with E-state index < -0.39 is 22.4 Å². The number of ether oxygens (including phenoxy) is 2. The summed E-state index contributed by atoms with van der Waals surface area (Å²) in [7, 11) is 3.90. The molecule has 0 aliphatic carbocycles. The third-order valence-corrected chi connectivity index (χ3v) is 2.45. The van der Waals surface area contributed by atoms with Crippen LogP contribution in [0.1, 0.15) is 0 Å². The summed E-state index contributed by atoms with van der Waals surface area (Å²) < 4.78 is 22.7. The lowest BCUT2D eigenvalue weighted by Crippen LogP contribution is -2.27. The average molecular weight is 272 g/mol. The molecule has 0 heterocycles. The number of benzene rings is 1. The van der Waals surface area contributed by atoms with Crippen LogP contribution in [0.15, 0.2) is 12.1 Å². The standard InChI is InChI=1S/C11H13FN2O5/c1-13(6-11(15)19-3)8-5-10(18-2)7(12)4-9(8)14(16)17/h4-5H,6H2,1-3H3. The van der Waals surface area contributed by atoms with Crippen LogP contribution in [0, 0.1) is 15.9 Å². The minimum absolute atomic E-state index is 0.0636. The first-order chi connectivity index (χ1) is 8.90. The van der Waals surface area contributed by atoms with Crippen LogP contribution in [0.2, 0.25) is 0 Å². The van der Waals surface area contributed by atoms with Crippen LogP contribution in [0.25, 0.3) is 0 Å². The molecule has 0 spiro atoms. The summed E-state index contributed by atoms with van der Waals surface area (Å²) >= 11 is 0. The van der Waals surface area contributed by atoms with Crippen molar-refractivity contribution in [3.05, 3.63) is 28.1 Å². The molecule has 7 nitrogen and oxygen atoms in total. The van der Waals surface area contributed by atoms with E-state index in [0.29, 0.717) is 0 Å². The van der Waals surface area contributed by atoms with Gasteiger partial charge in [0.25, 0.3) is 5.69 Å². The van der Waals surface area contributed by atoms with E-state index in [2.05, 4.69) is 4.74 Å². The third-order valence-electron chi connectivity index (χ3n) is 2.45. The Hall–Kier alpha value is -2.38. The smallest absolute Gasteiger partial charge is 0.325 e. The molecule has 0 unspecified atom stereocenters. The number of hydrogen-bond donors (Lipinski definition) is 0. The normalized spacial score (nSPS) is 9.89. The van der Waals surface area contributed by atoms with Gasteiger partial charge in [-0.05, 0) is 0 Å². The minimum Gasteiger partial charge on any atom is -0.494 e. The van der Waals surface area contributed by atoms with Gasteiger partial charge in [-0.25, -0.2) is 4.39 Å². The summed E-state index contributed by atoms with van der Waals surface area (Å²) in [6.07, 6.45) is 0. The van der Waals surface area contributed by atoms with Gasteiger partial charge in [0, 0.05) is 13.1 Å². The highest BCUT2D eigenvalue weighted by Gasteiger charge is 2.23. The van der Waals surface area contributed by atoms with Crippen LogP contribution >= 0.6 is 0 Å². The lowest BCUT2D eigenvalue weighted by atomic mass is 10.2. The SMILES string of the molecule is COC(=O)CN(C)c1cc(OC)c(F)cc1[N+](=O)[O-]. The quantitative estimate of drug-likeness (QED) is 0.457. The predicted octanol–water partition coefficient (Wildman–Crippen LogP) is 1.35. The average Bonchev–Trinajstić information content (AvgIpc) is 2.37.